The van der Waals surface area contributed by atoms with E-state index < -0.39 is 0 Å². The van der Waals surface area contributed by atoms with E-state index in [1.165, 1.54) is 5.56 Å². The number of rotatable bonds is 1. The van der Waals surface area contributed by atoms with Crippen LogP contribution >= 0.6 is 0 Å². The lowest BCUT2D eigenvalue weighted by molar-refractivity contribution is -0.117. The zero-order valence-corrected chi connectivity index (χ0v) is 9.35. The third-order valence-corrected chi connectivity index (χ3v) is 3.32. The lowest BCUT2D eigenvalue weighted by Gasteiger charge is -2.16. The first kappa shape index (κ1) is 10.3. The monoisotopic (exact) mass is 228 g/mol. The molecule has 1 fully saturated rings. The van der Waals surface area contributed by atoms with Crippen LogP contribution in [0.5, 0.6) is 0 Å². The van der Waals surface area contributed by atoms with E-state index in [-0.39, 0.29) is 11.8 Å². The van der Waals surface area contributed by atoms with Gasteiger partial charge in [0.15, 0.2) is 0 Å². The van der Waals surface area contributed by atoms with Gasteiger partial charge in [0.1, 0.15) is 0 Å². The van der Waals surface area contributed by atoms with E-state index in [0.717, 1.165) is 11.3 Å². The molecule has 17 heavy (non-hydrogen) atoms. The van der Waals surface area contributed by atoms with Gasteiger partial charge in [0.2, 0.25) is 5.91 Å². The standard InChI is InChI=1S/C13H12N2O2/c14-5-9-3-13(16)15(6-9)12-2-1-10-7-17-8-11(10)4-12/h1-2,4,9H,3,6-8H2. The van der Waals surface area contributed by atoms with Crippen LogP contribution in [-0.2, 0) is 22.7 Å². The van der Waals surface area contributed by atoms with Crippen LogP contribution in [0.2, 0.25) is 0 Å². The first-order valence-corrected chi connectivity index (χ1v) is 5.67. The summed E-state index contributed by atoms with van der Waals surface area (Å²) in [6.07, 6.45) is 0.337. The number of carbonyl (C=O) groups excluding carboxylic acids is 1. The molecule has 0 saturated carbocycles. The molecule has 86 valence electrons. The molecule has 2 aliphatic rings. The number of nitriles is 1. The number of anilines is 1. The highest BCUT2D eigenvalue weighted by atomic mass is 16.5. The summed E-state index contributed by atoms with van der Waals surface area (Å²) < 4.78 is 5.35. The Hall–Kier alpha value is -1.86. The van der Waals surface area contributed by atoms with E-state index in [1.54, 1.807) is 4.90 Å². The van der Waals surface area contributed by atoms with Crippen molar-refractivity contribution in [1.82, 2.24) is 0 Å². The fourth-order valence-electron chi connectivity index (χ4n) is 2.37. The van der Waals surface area contributed by atoms with Gasteiger partial charge in [-0.3, -0.25) is 4.79 Å². The van der Waals surface area contributed by atoms with Crippen LogP contribution in [0.15, 0.2) is 18.2 Å². The molecule has 3 rings (SSSR count). The topological polar surface area (TPSA) is 53.3 Å². The van der Waals surface area contributed by atoms with Gasteiger partial charge in [0, 0.05) is 18.7 Å². The van der Waals surface area contributed by atoms with Crippen molar-refractivity contribution in [3.63, 3.8) is 0 Å². The molecular weight excluding hydrogens is 216 g/mol. The highest BCUT2D eigenvalue weighted by Crippen LogP contribution is 2.29. The van der Waals surface area contributed by atoms with Crippen LogP contribution in [0.4, 0.5) is 5.69 Å². The smallest absolute Gasteiger partial charge is 0.228 e. The van der Waals surface area contributed by atoms with Crippen LogP contribution in [0.1, 0.15) is 17.5 Å². The van der Waals surface area contributed by atoms with E-state index in [2.05, 4.69) is 6.07 Å². The summed E-state index contributed by atoms with van der Waals surface area (Å²) in [4.78, 5) is 13.5. The van der Waals surface area contributed by atoms with Crippen LogP contribution < -0.4 is 4.90 Å². The minimum Gasteiger partial charge on any atom is -0.372 e. The maximum absolute atomic E-state index is 11.8. The van der Waals surface area contributed by atoms with Gasteiger partial charge >= 0.3 is 0 Å². The summed E-state index contributed by atoms with van der Waals surface area (Å²) in [6.45, 7) is 1.78. The van der Waals surface area contributed by atoms with E-state index in [9.17, 15) is 4.79 Å². The minimum absolute atomic E-state index is 0.0374. The predicted molar refractivity (Wildman–Crippen MR) is 61.0 cm³/mol. The third-order valence-electron chi connectivity index (χ3n) is 3.32. The normalized spacial score (nSPS) is 22.6. The molecule has 0 spiro atoms. The predicted octanol–water partition coefficient (Wildman–Crippen LogP) is 1.59. The second-order valence-electron chi connectivity index (χ2n) is 4.48. The zero-order valence-electron chi connectivity index (χ0n) is 9.35. The Kier molecular flexibility index (Phi) is 2.34. The van der Waals surface area contributed by atoms with Gasteiger partial charge in [-0.2, -0.15) is 5.26 Å². The summed E-state index contributed by atoms with van der Waals surface area (Å²) in [5.74, 6) is -0.137. The fourth-order valence-corrected chi connectivity index (χ4v) is 2.37. The highest BCUT2D eigenvalue weighted by Gasteiger charge is 2.30. The Morgan fingerprint density at radius 1 is 1.35 bits per heavy atom. The number of fused-ring (bicyclic) bond motifs is 1. The molecule has 1 aromatic rings. The van der Waals surface area contributed by atoms with Crippen molar-refractivity contribution >= 4 is 11.6 Å². The number of benzene rings is 1. The largest absolute Gasteiger partial charge is 0.372 e. The molecule has 0 aliphatic carbocycles. The van der Waals surface area contributed by atoms with Crippen LogP contribution in [-0.4, -0.2) is 12.5 Å². The lowest BCUT2D eigenvalue weighted by Crippen LogP contribution is -2.24. The average molecular weight is 228 g/mol. The lowest BCUT2D eigenvalue weighted by atomic mass is 10.1. The zero-order chi connectivity index (χ0) is 11.8. The van der Waals surface area contributed by atoms with Crippen molar-refractivity contribution in [1.29, 1.82) is 5.26 Å². The number of hydrogen-bond acceptors (Lipinski definition) is 3. The first-order valence-electron chi connectivity index (χ1n) is 5.67. The summed E-state index contributed by atoms with van der Waals surface area (Å²) in [6, 6.07) is 8.10. The fraction of sp³-hybridized carbons (Fsp3) is 0.385. The quantitative estimate of drug-likeness (QED) is 0.733. The molecule has 4 nitrogen and oxygen atoms in total. The van der Waals surface area contributed by atoms with Gasteiger partial charge < -0.3 is 9.64 Å². The van der Waals surface area contributed by atoms with Gasteiger partial charge in [-0.1, -0.05) is 6.07 Å². The number of amides is 1. The van der Waals surface area contributed by atoms with Gasteiger partial charge in [-0.15, -0.1) is 0 Å². The first-order chi connectivity index (χ1) is 8.28. The Morgan fingerprint density at radius 3 is 2.94 bits per heavy atom. The van der Waals surface area contributed by atoms with Gasteiger partial charge in [0.05, 0.1) is 25.2 Å². The van der Waals surface area contributed by atoms with Gasteiger partial charge in [0.25, 0.3) is 0 Å². The molecule has 2 heterocycles. The molecule has 1 saturated heterocycles. The Labute approximate surface area is 99.4 Å². The summed E-state index contributed by atoms with van der Waals surface area (Å²) in [5.41, 5.74) is 3.23. The highest BCUT2D eigenvalue weighted by molar-refractivity contribution is 5.96. The van der Waals surface area contributed by atoms with Crippen molar-refractivity contribution in [3.05, 3.63) is 29.3 Å². The molecule has 1 amide bonds. The van der Waals surface area contributed by atoms with E-state index in [4.69, 9.17) is 10.00 Å². The van der Waals surface area contributed by atoms with E-state index >= 15 is 0 Å². The van der Waals surface area contributed by atoms with Crippen molar-refractivity contribution in [2.45, 2.75) is 19.6 Å². The molecule has 0 bridgehead atoms. The van der Waals surface area contributed by atoms with Crippen LogP contribution in [0.25, 0.3) is 0 Å². The van der Waals surface area contributed by atoms with Crippen LogP contribution in [0.3, 0.4) is 0 Å². The number of carbonyl (C=O) groups is 1. The summed E-state index contributed by atoms with van der Waals surface area (Å²) in [5, 5.41) is 8.85. The molecule has 1 unspecified atom stereocenters. The molecule has 0 aromatic heterocycles. The van der Waals surface area contributed by atoms with Crippen molar-refractivity contribution < 1.29 is 9.53 Å². The molecule has 1 atom stereocenters. The molecule has 0 radical (unpaired) electrons. The average Bonchev–Trinajstić information content (AvgIpc) is 2.93. The number of nitrogens with zero attached hydrogens (tertiary/aromatic N) is 2. The second kappa shape index (κ2) is 3.86. The van der Waals surface area contributed by atoms with Gasteiger partial charge in [-0.25, -0.2) is 0 Å². The Morgan fingerprint density at radius 2 is 2.18 bits per heavy atom. The molecule has 4 heteroatoms. The number of ether oxygens (including phenoxy) is 1. The van der Waals surface area contributed by atoms with Crippen molar-refractivity contribution in [3.8, 4) is 6.07 Å². The van der Waals surface area contributed by atoms with E-state index in [0.29, 0.717) is 26.2 Å². The summed E-state index contributed by atoms with van der Waals surface area (Å²) >= 11 is 0. The minimum atomic E-state index is -0.174. The van der Waals surface area contributed by atoms with Crippen molar-refractivity contribution in [2.75, 3.05) is 11.4 Å². The second-order valence-corrected chi connectivity index (χ2v) is 4.48. The molecular formula is C13H12N2O2. The Balaban J connectivity index is 1.90. The maximum Gasteiger partial charge on any atom is 0.228 e. The van der Waals surface area contributed by atoms with Crippen LogP contribution in [0, 0.1) is 17.2 Å². The Bertz CT molecular complexity index is 519. The van der Waals surface area contributed by atoms with Gasteiger partial charge in [-0.05, 0) is 23.3 Å². The molecule has 1 aromatic carbocycles. The van der Waals surface area contributed by atoms with E-state index in [1.807, 2.05) is 18.2 Å². The SMILES string of the molecule is N#CC1CC(=O)N(c2ccc3c(c2)COC3)C1. The number of hydrogen-bond donors (Lipinski definition) is 0. The molecule has 2 aliphatic heterocycles. The molecule has 0 N–H and O–H groups in total. The maximum atomic E-state index is 11.8. The summed E-state index contributed by atoms with van der Waals surface area (Å²) in [7, 11) is 0. The third kappa shape index (κ3) is 1.69. The van der Waals surface area contributed by atoms with Crippen molar-refractivity contribution in [2.24, 2.45) is 5.92 Å².